The Kier molecular flexibility index (Phi) is 7.36. The molecule has 3 aromatic heterocycles. The average Bonchev–Trinajstić information content (AvgIpc) is 3.57. The number of benzene rings is 1. The van der Waals surface area contributed by atoms with Crippen molar-refractivity contribution in [2.45, 2.75) is 25.3 Å². The first-order valence-corrected chi connectivity index (χ1v) is 11.5. The van der Waals surface area contributed by atoms with E-state index in [-0.39, 0.29) is 34.1 Å². The van der Waals surface area contributed by atoms with Crippen molar-refractivity contribution >= 4 is 23.2 Å². The number of aromatic nitrogens is 6. The Morgan fingerprint density at radius 1 is 1.00 bits per heavy atom. The van der Waals surface area contributed by atoms with Crippen LogP contribution in [-0.4, -0.2) is 48.7 Å². The number of esters is 1. The van der Waals surface area contributed by atoms with Crippen molar-refractivity contribution in [3.8, 4) is 16.6 Å². The van der Waals surface area contributed by atoms with Gasteiger partial charge in [-0.05, 0) is 25.1 Å². The van der Waals surface area contributed by atoms with E-state index in [1.807, 2.05) is 0 Å². The van der Waals surface area contributed by atoms with Crippen molar-refractivity contribution in [3.05, 3.63) is 70.4 Å². The molecule has 0 aliphatic heterocycles. The number of amides is 1. The number of carbonyl (C=O) groups excluding carboxylic acids is 2. The molecule has 0 fully saturated rings. The van der Waals surface area contributed by atoms with E-state index in [4.69, 9.17) is 0 Å². The highest BCUT2D eigenvalue weighted by Crippen LogP contribution is 2.36. The SMILES string of the molecule is COC(=O)c1csc(-n2cnc(-c3nccnc3C(C)NC(=O)c3cc(C(F)(F)F)cc(C(F)(F)F)c3)n2)n1. The van der Waals surface area contributed by atoms with Gasteiger partial charge in [-0.15, -0.1) is 16.4 Å². The highest BCUT2D eigenvalue weighted by Gasteiger charge is 2.37. The third kappa shape index (κ3) is 6.02. The number of nitrogens with zero attached hydrogens (tertiary/aromatic N) is 6. The van der Waals surface area contributed by atoms with Crippen LogP contribution in [-0.2, 0) is 17.1 Å². The lowest BCUT2D eigenvalue weighted by Crippen LogP contribution is -2.28. The van der Waals surface area contributed by atoms with E-state index in [0.29, 0.717) is 12.1 Å². The summed E-state index contributed by atoms with van der Waals surface area (Å²) in [5.41, 5.74) is -3.88. The van der Waals surface area contributed by atoms with Crippen molar-refractivity contribution in [1.82, 2.24) is 35.0 Å². The van der Waals surface area contributed by atoms with Crippen LogP contribution in [0.2, 0.25) is 0 Å². The highest BCUT2D eigenvalue weighted by molar-refractivity contribution is 7.12. The van der Waals surface area contributed by atoms with E-state index >= 15 is 0 Å². The van der Waals surface area contributed by atoms with Crippen LogP contribution in [0.15, 0.2) is 42.3 Å². The summed E-state index contributed by atoms with van der Waals surface area (Å²) in [5.74, 6) is -1.83. The monoisotopic (exact) mass is 571 g/mol. The number of hydrogen-bond acceptors (Lipinski definition) is 9. The molecule has 3 heterocycles. The number of nitrogens with one attached hydrogen (secondary N) is 1. The lowest BCUT2D eigenvalue weighted by molar-refractivity contribution is -0.143. The molecule has 204 valence electrons. The third-order valence-electron chi connectivity index (χ3n) is 5.12. The van der Waals surface area contributed by atoms with Crippen molar-refractivity contribution in [1.29, 1.82) is 0 Å². The second-order valence-corrected chi connectivity index (χ2v) is 8.64. The van der Waals surface area contributed by atoms with Crippen LogP contribution >= 0.6 is 11.3 Å². The van der Waals surface area contributed by atoms with Crippen molar-refractivity contribution in [2.24, 2.45) is 0 Å². The molecule has 1 atom stereocenters. The van der Waals surface area contributed by atoms with E-state index in [0.717, 1.165) is 11.3 Å². The Labute approximate surface area is 218 Å². The zero-order valence-corrected chi connectivity index (χ0v) is 20.5. The Balaban J connectivity index is 1.61. The van der Waals surface area contributed by atoms with Crippen molar-refractivity contribution < 1.29 is 40.7 Å². The zero-order valence-electron chi connectivity index (χ0n) is 19.7. The summed E-state index contributed by atoms with van der Waals surface area (Å²) in [5, 5.41) is 8.30. The van der Waals surface area contributed by atoms with Crippen LogP contribution in [0.5, 0.6) is 0 Å². The van der Waals surface area contributed by atoms with Gasteiger partial charge in [-0.3, -0.25) is 9.78 Å². The maximum atomic E-state index is 13.2. The molecule has 1 N–H and O–H groups in total. The molecular weight excluding hydrogens is 556 g/mol. The standard InChI is InChI=1S/C22H15F6N7O3S/c1-10(32-18(36)11-5-12(21(23,24)25)7-13(6-11)22(26,27)28)15-16(30-4-3-29-15)17-31-9-35(34-17)20-33-14(8-39-20)19(37)38-2/h3-10H,1-2H3,(H,32,36). The molecule has 0 spiro atoms. The molecule has 4 rings (SSSR count). The number of thiazole rings is 1. The van der Waals surface area contributed by atoms with Gasteiger partial charge in [0.2, 0.25) is 11.0 Å². The summed E-state index contributed by atoms with van der Waals surface area (Å²) >= 11 is 1.07. The predicted octanol–water partition coefficient (Wildman–Crippen LogP) is 4.50. The van der Waals surface area contributed by atoms with Crippen LogP contribution in [0.3, 0.4) is 0 Å². The Morgan fingerprint density at radius 3 is 2.26 bits per heavy atom. The Bertz CT molecular complexity index is 1500. The first-order valence-electron chi connectivity index (χ1n) is 10.7. The number of methoxy groups -OCH3 is 1. The average molecular weight is 571 g/mol. The molecule has 1 unspecified atom stereocenters. The fourth-order valence-corrected chi connectivity index (χ4v) is 4.02. The molecule has 0 aliphatic rings. The zero-order chi connectivity index (χ0) is 28.5. The summed E-state index contributed by atoms with van der Waals surface area (Å²) in [4.78, 5) is 40.9. The predicted molar refractivity (Wildman–Crippen MR) is 122 cm³/mol. The fraction of sp³-hybridized carbons (Fsp3) is 0.227. The van der Waals surface area contributed by atoms with Crippen LogP contribution < -0.4 is 5.32 Å². The number of carbonyl (C=O) groups is 2. The van der Waals surface area contributed by atoms with E-state index in [1.54, 1.807) is 0 Å². The number of halogens is 6. The molecule has 17 heteroatoms. The van der Waals surface area contributed by atoms with Gasteiger partial charge in [0.25, 0.3) is 5.91 Å². The molecular formula is C22H15F6N7O3S. The molecule has 0 aliphatic carbocycles. The van der Waals surface area contributed by atoms with Crippen molar-refractivity contribution in [3.63, 3.8) is 0 Å². The molecule has 10 nitrogen and oxygen atoms in total. The molecule has 0 saturated heterocycles. The third-order valence-corrected chi connectivity index (χ3v) is 5.95. The number of hydrogen-bond donors (Lipinski definition) is 1. The van der Waals surface area contributed by atoms with Gasteiger partial charge in [-0.2, -0.15) is 31.0 Å². The normalized spacial score (nSPS) is 12.7. The van der Waals surface area contributed by atoms with Gasteiger partial charge in [0, 0.05) is 23.3 Å². The van der Waals surface area contributed by atoms with Gasteiger partial charge in [0.15, 0.2) is 5.69 Å². The van der Waals surface area contributed by atoms with Gasteiger partial charge < -0.3 is 10.1 Å². The Hall–Kier alpha value is -4.41. The fourth-order valence-electron chi connectivity index (χ4n) is 3.30. The topological polar surface area (TPSA) is 125 Å². The lowest BCUT2D eigenvalue weighted by Gasteiger charge is -2.17. The largest absolute Gasteiger partial charge is 0.464 e. The second kappa shape index (κ2) is 10.4. The smallest absolute Gasteiger partial charge is 0.416 e. The molecule has 39 heavy (non-hydrogen) atoms. The molecule has 0 saturated carbocycles. The first-order chi connectivity index (χ1) is 18.3. The summed E-state index contributed by atoms with van der Waals surface area (Å²) in [7, 11) is 1.20. The summed E-state index contributed by atoms with van der Waals surface area (Å²) in [6, 6.07) is -0.453. The van der Waals surface area contributed by atoms with E-state index in [9.17, 15) is 35.9 Å². The maximum absolute atomic E-state index is 13.2. The molecule has 1 amide bonds. The van der Waals surface area contributed by atoms with Gasteiger partial charge in [0.1, 0.15) is 12.0 Å². The summed E-state index contributed by atoms with van der Waals surface area (Å²) < 4.78 is 85.0. The van der Waals surface area contributed by atoms with E-state index in [1.165, 1.54) is 42.8 Å². The number of rotatable bonds is 6. The quantitative estimate of drug-likeness (QED) is 0.265. The maximum Gasteiger partial charge on any atom is 0.416 e. The lowest BCUT2D eigenvalue weighted by atomic mass is 10.0. The van der Waals surface area contributed by atoms with E-state index in [2.05, 4.69) is 35.1 Å². The minimum absolute atomic E-state index is 0.0208. The second-order valence-electron chi connectivity index (χ2n) is 7.80. The Morgan fingerprint density at radius 2 is 1.64 bits per heavy atom. The van der Waals surface area contributed by atoms with Gasteiger partial charge in [0.05, 0.1) is 30.0 Å². The van der Waals surface area contributed by atoms with Crippen LogP contribution in [0.4, 0.5) is 26.3 Å². The van der Waals surface area contributed by atoms with Crippen LogP contribution in [0.1, 0.15) is 50.6 Å². The minimum Gasteiger partial charge on any atom is -0.464 e. The first kappa shape index (κ1) is 27.6. The number of alkyl halides is 6. The summed E-state index contributed by atoms with van der Waals surface area (Å²) in [6.45, 7) is 1.41. The van der Waals surface area contributed by atoms with Gasteiger partial charge >= 0.3 is 18.3 Å². The van der Waals surface area contributed by atoms with Gasteiger partial charge in [-0.1, -0.05) is 0 Å². The summed E-state index contributed by atoms with van der Waals surface area (Å²) in [6.07, 6.45) is -6.37. The van der Waals surface area contributed by atoms with E-state index < -0.39 is 47.0 Å². The molecule has 0 bridgehead atoms. The van der Waals surface area contributed by atoms with Crippen LogP contribution in [0.25, 0.3) is 16.6 Å². The molecule has 4 aromatic rings. The highest BCUT2D eigenvalue weighted by atomic mass is 32.1. The molecule has 0 radical (unpaired) electrons. The van der Waals surface area contributed by atoms with Gasteiger partial charge in [-0.25, -0.2) is 19.7 Å². The molecule has 1 aromatic carbocycles. The minimum atomic E-state index is -5.11. The van der Waals surface area contributed by atoms with Crippen LogP contribution in [0, 0.1) is 0 Å². The number of ether oxygens (including phenoxy) is 1. The van der Waals surface area contributed by atoms with Crippen molar-refractivity contribution in [2.75, 3.05) is 7.11 Å².